The van der Waals surface area contributed by atoms with E-state index in [2.05, 4.69) is 61.9 Å². The summed E-state index contributed by atoms with van der Waals surface area (Å²) in [5, 5.41) is 76.4. The summed E-state index contributed by atoms with van der Waals surface area (Å²) in [6.07, 6.45) is 0.378. The Morgan fingerprint density at radius 2 is 0.859 bits per heavy atom. The van der Waals surface area contributed by atoms with Crippen molar-refractivity contribution in [3.8, 4) is 0 Å². The molecule has 0 fully saturated rings. The summed E-state index contributed by atoms with van der Waals surface area (Å²) in [6.45, 7) is 10.7. The Kier molecular flexibility index (Phi) is 102. The Labute approximate surface area is 659 Å². The topological polar surface area (TPSA) is 566 Å². The Balaban J connectivity index is -0.0000000713. The molecule has 4 radical (unpaired) electrons. The fraction of sp³-hybridized carbons (Fsp3) is 0.690. The number of hydrogen-bond donors (Lipinski definition) is 9. The maximum absolute atomic E-state index is 11.8. The van der Waals surface area contributed by atoms with Gasteiger partial charge in [-0.25, -0.2) is 0 Å². The number of carboxylic acids is 7. The number of alkyl halides is 1. The smallest absolute Gasteiger partial charge is 1.00 e. The molecule has 0 aliphatic rings. The molecule has 0 aromatic heterocycles. The summed E-state index contributed by atoms with van der Waals surface area (Å²) in [6, 6.07) is 0. The number of methoxy groups -OCH3 is 5. The predicted molar refractivity (Wildman–Crippen MR) is 344 cm³/mol. The van der Waals surface area contributed by atoms with E-state index in [9.17, 15) is 81.5 Å². The van der Waals surface area contributed by atoms with Crippen molar-refractivity contribution in [2.75, 3.05) is 48.8 Å². The normalized spacial score (nSPS) is 11.5. The maximum Gasteiger partial charge on any atom is 1.00 e. The number of thiol groups is 1. The van der Waals surface area contributed by atoms with Crippen molar-refractivity contribution in [1.82, 2.24) is 0 Å². The van der Waals surface area contributed by atoms with E-state index < -0.39 is 112 Å². The molecule has 41 heteroatoms. The first kappa shape index (κ1) is 124. The number of halogens is 1. The van der Waals surface area contributed by atoms with Crippen molar-refractivity contribution < 1.29 is 231 Å². The average molecular weight is 1550 g/mol. The molecule has 0 spiro atoms. The number of esters is 7. The minimum absolute atomic E-state index is 0. The Bertz CT molecular complexity index is 2300. The Hall–Kier alpha value is -5.13. The molecule has 0 amide bonds. The minimum Gasteiger partial charge on any atom is -1.00 e. The van der Waals surface area contributed by atoms with Crippen LogP contribution in [0.1, 0.15) is 166 Å². The van der Waals surface area contributed by atoms with Crippen molar-refractivity contribution in [2.24, 2.45) is 29.6 Å². The Morgan fingerprint density at radius 1 is 0.505 bits per heavy atom. The van der Waals surface area contributed by atoms with E-state index in [1.165, 1.54) is 56.1 Å². The van der Waals surface area contributed by atoms with E-state index in [0.717, 1.165) is 7.11 Å². The van der Waals surface area contributed by atoms with Gasteiger partial charge in [-0.1, -0.05) is 30.3 Å². The second kappa shape index (κ2) is 81.8. The summed E-state index contributed by atoms with van der Waals surface area (Å²) >= 11 is 7.14. The van der Waals surface area contributed by atoms with Gasteiger partial charge >= 0.3 is 143 Å². The number of aliphatic carboxylic acids is 7. The number of ketones is 3. The zero-order chi connectivity index (χ0) is 75.2. The quantitative estimate of drug-likeness (QED) is 0.00339. The van der Waals surface area contributed by atoms with Gasteiger partial charge < -0.3 is 90.4 Å². The predicted octanol–water partition coefficient (Wildman–Crippen LogP) is -3.14. The molecule has 0 bridgehead atoms. The van der Waals surface area contributed by atoms with Gasteiger partial charge in [0, 0.05) is 89.3 Å². The van der Waals surface area contributed by atoms with Crippen LogP contribution in [0.25, 0.3) is 0 Å². The standard InChI is InChI=1S/C13H20O7.C8H14O5.C8H12O5.C8H14O4S.C7H11BrO4.C6H10O4.C6H10O3.CH2O3.CH4.B.3Na.H/c1-5-20-13(17)11(8(2)14)9(12(16)19-4)6-7-10(15)18-3;2*1-5(9)4-6(8(12)13)2-3-7(10)11;1-5(13)4-6(8(11)12)2-3-7(9)10;1-11-6(9)4-3-5(8)7(10)12-2;1-10-6(9)4-2-3-5(7)8;1-3-9-6(8)4-5(2)7;2-1-4-3;;;;;;/h9,11H,5-7H2,1-4H3;5-6,9H,2-4H2,1H3,(H,10,11)(H,12,13);6H,2-4H2,1H3,(H,10,11)(H,12,13);5-6,13H,2-4H2,1H3,(H,9,10)(H,11,12);5H,3-4H2,1-2H3;2-4H2,1H3,(H,7,8);3-4H2,1-2H3;1,3H;1H4;;;;;/q;;;;;;;;;;;2*+1;-1/p-1. The van der Waals surface area contributed by atoms with Crippen LogP contribution in [0.5, 0.6) is 0 Å². The number of carbonyl (C=O) groups is 18. The first-order chi connectivity index (χ1) is 43.5. The second-order valence-electron chi connectivity index (χ2n) is 18.9. The number of hydrogen-bond acceptors (Lipinski definition) is 29. The van der Waals surface area contributed by atoms with Gasteiger partial charge in [0.25, 0.3) is 6.47 Å². The fourth-order valence-electron chi connectivity index (χ4n) is 6.35. The van der Waals surface area contributed by atoms with Crippen LogP contribution in [0.15, 0.2) is 0 Å². The van der Waals surface area contributed by atoms with E-state index in [-0.39, 0.29) is 244 Å². The zero-order valence-electron chi connectivity index (χ0n) is 59.1. The van der Waals surface area contributed by atoms with Crippen LogP contribution in [0.4, 0.5) is 0 Å². The molecule has 0 aliphatic carbocycles. The van der Waals surface area contributed by atoms with Gasteiger partial charge in [0.05, 0.1) is 78.5 Å². The third-order valence-electron chi connectivity index (χ3n) is 10.7. The van der Waals surface area contributed by atoms with Crippen molar-refractivity contribution in [3.05, 3.63) is 0 Å². The molecule has 8 unspecified atom stereocenters. The fourth-order valence-corrected chi connectivity index (χ4v) is 7.02. The van der Waals surface area contributed by atoms with Gasteiger partial charge in [-0.05, 0) is 98.2 Å². The number of rotatable bonds is 38. The summed E-state index contributed by atoms with van der Waals surface area (Å²) in [5.74, 6) is -16.1. The van der Waals surface area contributed by atoms with Gasteiger partial charge in [0.2, 0.25) is 0 Å². The molecular formula is C58H97BBrNa3O35S. The number of carboxylic acid groups (broad SMARTS) is 7. The molecule has 0 rings (SSSR count). The summed E-state index contributed by atoms with van der Waals surface area (Å²) in [5.41, 5.74) is 0. The molecule has 0 aliphatic heterocycles. The van der Waals surface area contributed by atoms with E-state index in [0.29, 0.717) is 25.9 Å². The summed E-state index contributed by atoms with van der Waals surface area (Å²) in [4.78, 5) is 192. The van der Waals surface area contributed by atoms with Crippen molar-refractivity contribution in [1.29, 1.82) is 0 Å². The average Bonchev–Trinajstić information content (AvgIpc) is 0.865. The Morgan fingerprint density at radius 3 is 1.14 bits per heavy atom. The first-order valence-electron chi connectivity index (χ1n) is 28.0. The number of aliphatic hydroxyl groups is 1. The minimum atomic E-state index is -1.27. The van der Waals surface area contributed by atoms with Crippen LogP contribution in [-0.2, 0) is 124 Å². The van der Waals surface area contributed by atoms with Crippen LogP contribution >= 0.6 is 28.6 Å². The molecule has 35 nitrogen and oxygen atoms in total. The molecule has 558 valence electrons. The number of carbonyl (C=O) groups excluding carboxylic acids is 11. The molecular weight excluding hydrogens is 1450 g/mol. The van der Waals surface area contributed by atoms with Crippen molar-refractivity contribution >= 4 is 174 Å². The van der Waals surface area contributed by atoms with Gasteiger partial charge in [0.1, 0.15) is 34.5 Å². The van der Waals surface area contributed by atoms with E-state index in [1.54, 1.807) is 20.8 Å². The van der Waals surface area contributed by atoms with Gasteiger partial charge in [-0.15, -0.1) is 0 Å². The molecule has 8 atom stereocenters. The maximum atomic E-state index is 11.8. The SMILES string of the molecule is C.CC(=O)CC(CCC(=O)O)C(=O)O.CC(O)CC(CCC(=O)O)C(=O)O.CC(S)CC(CCC(=O)O)C(=O)O.CCOC(=O)C(C(C)=O)C(CCC(=O)OC)C(=O)OC.CCOC(=O)CC(C)=O.COC(=O)CCC(Br)C(=O)OC.COC(=O)CCCC(=O)O.O=CO[O-].[B].[H-].[Na+].[Na+].[Na]. The van der Waals surface area contributed by atoms with Crippen LogP contribution in [0.2, 0.25) is 0 Å². The van der Waals surface area contributed by atoms with Gasteiger partial charge in [-0.3, -0.25) is 81.5 Å². The van der Waals surface area contributed by atoms with E-state index in [4.69, 9.17) is 55.6 Å². The largest absolute Gasteiger partial charge is 1.00 e. The monoisotopic (exact) mass is 1540 g/mol. The molecule has 8 N–H and O–H groups in total. The number of Topliss-reactive ketones (excluding diaryl/α,β-unsaturated/α-hetero) is 3. The van der Waals surface area contributed by atoms with E-state index in [1.807, 2.05) is 0 Å². The molecule has 0 aromatic rings. The molecule has 99 heavy (non-hydrogen) atoms. The molecule has 0 saturated heterocycles. The summed E-state index contributed by atoms with van der Waals surface area (Å²) < 4.78 is 31.5. The van der Waals surface area contributed by atoms with Crippen molar-refractivity contribution in [3.63, 3.8) is 0 Å². The summed E-state index contributed by atoms with van der Waals surface area (Å²) in [7, 11) is 6.25. The molecule has 0 heterocycles. The second-order valence-corrected chi connectivity index (χ2v) is 20.9. The first-order valence-corrected chi connectivity index (χ1v) is 29.4. The van der Waals surface area contributed by atoms with Crippen LogP contribution < -0.4 is 64.4 Å². The van der Waals surface area contributed by atoms with Gasteiger partial charge in [-0.2, -0.15) is 12.6 Å². The van der Waals surface area contributed by atoms with Crippen LogP contribution in [0.3, 0.4) is 0 Å². The number of aliphatic hydroxyl groups excluding tert-OH is 1. The molecule has 0 aromatic carbocycles. The van der Waals surface area contributed by atoms with E-state index >= 15 is 0 Å². The third-order valence-corrected chi connectivity index (χ3v) is 11.8. The number of ether oxygens (including phenoxy) is 7. The van der Waals surface area contributed by atoms with Crippen LogP contribution in [-0.4, -0.2) is 251 Å². The van der Waals surface area contributed by atoms with Gasteiger partial charge in [0.15, 0.2) is 0 Å². The third kappa shape index (κ3) is 92.9. The van der Waals surface area contributed by atoms with Crippen LogP contribution in [0, 0.1) is 29.6 Å². The van der Waals surface area contributed by atoms with Crippen molar-refractivity contribution in [2.45, 2.75) is 181 Å². The zero-order valence-corrected chi connectivity index (χ0v) is 66.6. The molecule has 0 saturated carbocycles.